The molecule has 2 aromatic rings. The quantitative estimate of drug-likeness (QED) is 0.773. The summed E-state index contributed by atoms with van der Waals surface area (Å²) in [6.45, 7) is 2.65. The SMILES string of the molecule is COCOc1c(C)n(Cc2ccccc2)ccc1=O. The van der Waals surface area contributed by atoms with E-state index >= 15 is 0 Å². The molecular formula is C15H17NO3. The van der Waals surface area contributed by atoms with Crippen LogP contribution in [0.1, 0.15) is 11.3 Å². The summed E-state index contributed by atoms with van der Waals surface area (Å²) in [5.41, 5.74) is 1.85. The van der Waals surface area contributed by atoms with Crippen LogP contribution in [-0.4, -0.2) is 18.5 Å². The molecule has 0 atom stereocenters. The third kappa shape index (κ3) is 3.23. The Morgan fingerprint density at radius 3 is 2.58 bits per heavy atom. The van der Waals surface area contributed by atoms with Crippen LogP contribution in [0, 0.1) is 6.92 Å². The lowest BCUT2D eigenvalue weighted by molar-refractivity contribution is 0.0492. The minimum absolute atomic E-state index is 0.0748. The lowest BCUT2D eigenvalue weighted by Crippen LogP contribution is -2.16. The summed E-state index contributed by atoms with van der Waals surface area (Å²) in [5, 5.41) is 0. The first-order valence-electron chi connectivity index (χ1n) is 6.08. The fourth-order valence-electron chi connectivity index (χ4n) is 1.90. The Morgan fingerprint density at radius 2 is 1.89 bits per heavy atom. The largest absolute Gasteiger partial charge is 0.462 e. The van der Waals surface area contributed by atoms with Crippen LogP contribution in [0.15, 0.2) is 47.4 Å². The summed E-state index contributed by atoms with van der Waals surface area (Å²) in [4.78, 5) is 11.8. The van der Waals surface area contributed by atoms with Crippen LogP contribution in [0.2, 0.25) is 0 Å². The second-order valence-corrected chi connectivity index (χ2v) is 4.26. The summed E-state index contributed by atoms with van der Waals surface area (Å²) in [6.07, 6.45) is 1.78. The van der Waals surface area contributed by atoms with Crippen LogP contribution in [0.4, 0.5) is 0 Å². The molecule has 4 nitrogen and oxygen atoms in total. The zero-order valence-electron chi connectivity index (χ0n) is 11.1. The Labute approximate surface area is 112 Å². The van der Waals surface area contributed by atoms with Crippen LogP contribution in [0.25, 0.3) is 0 Å². The van der Waals surface area contributed by atoms with Crippen LogP contribution < -0.4 is 10.2 Å². The number of hydrogen-bond acceptors (Lipinski definition) is 3. The van der Waals surface area contributed by atoms with Gasteiger partial charge in [0.1, 0.15) is 0 Å². The van der Waals surface area contributed by atoms with E-state index in [1.54, 1.807) is 6.20 Å². The van der Waals surface area contributed by atoms with Gasteiger partial charge in [0, 0.05) is 25.9 Å². The Hall–Kier alpha value is -2.07. The van der Waals surface area contributed by atoms with E-state index < -0.39 is 0 Å². The van der Waals surface area contributed by atoms with Crippen molar-refractivity contribution in [3.63, 3.8) is 0 Å². The number of pyridine rings is 1. The third-order valence-corrected chi connectivity index (χ3v) is 2.91. The van der Waals surface area contributed by atoms with Crippen molar-refractivity contribution in [2.75, 3.05) is 13.9 Å². The van der Waals surface area contributed by atoms with E-state index in [-0.39, 0.29) is 12.2 Å². The number of aromatic nitrogens is 1. The first-order valence-corrected chi connectivity index (χ1v) is 6.08. The van der Waals surface area contributed by atoms with Crippen LogP contribution in [0.3, 0.4) is 0 Å². The highest BCUT2D eigenvalue weighted by molar-refractivity contribution is 5.28. The van der Waals surface area contributed by atoms with E-state index in [9.17, 15) is 4.79 Å². The molecule has 0 aliphatic rings. The van der Waals surface area contributed by atoms with Crippen molar-refractivity contribution in [2.45, 2.75) is 13.5 Å². The van der Waals surface area contributed by atoms with Crippen molar-refractivity contribution in [1.82, 2.24) is 4.57 Å². The van der Waals surface area contributed by atoms with Gasteiger partial charge in [0.2, 0.25) is 5.43 Å². The summed E-state index contributed by atoms with van der Waals surface area (Å²) in [5.74, 6) is 0.347. The highest BCUT2D eigenvalue weighted by Crippen LogP contribution is 2.13. The van der Waals surface area contributed by atoms with E-state index in [0.29, 0.717) is 12.3 Å². The van der Waals surface area contributed by atoms with E-state index in [0.717, 1.165) is 5.69 Å². The van der Waals surface area contributed by atoms with Crippen LogP contribution in [0.5, 0.6) is 5.75 Å². The molecule has 0 aliphatic heterocycles. The maximum atomic E-state index is 11.8. The molecule has 0 radical (unpaired) electrons. The highest BCUT2D eigenvalue weighted by Gasteiger charge is 2.08. The minimum Gasteiger partial charge on any atom is -0.462 e. The van der Waals surface area contributed by atoms with Gasteiger partial charge in [-0.05, 0) is 12.5 Å². The number of nitrogens with zero attached hydrogens (tertiary/aromatic N) is 1. The second-order valence-electron chi connectivity index (χ2n) is 4.26. The summed E-state index contributed by atoms with van der Waals surface area (Å²) < 4.78 is 12.2. The maximum absolute atomic E-state index is 11.8. The fourth-order valence-corrected chi connectivity index (χ4v) is 1.90. The Morgan fingerprint density at radius 1 is 1.16 bits per heavy atom. The molecule has 4 heteroatoms. The van der Waals surface area contributed by atoms with Crippen molar-refractivity contribution in [3.05, 3.63) is 64.1 Å². The zero-order chi connectivity index (χ0) is 13.7. The molecule has 0 unspecified atom stereocenters. The average molecular weight is 259 g/mol. The topological polar surface area (TPSA) is 40.5 Å². The first kappa shape index (κ1) is 13.4. The Balaban J connectivity index is 2.29. The first-order chi connectivity index (χ1) is 9.22. The van der Waals surface area contributed by atoms with Gasteiger partial charge in [-0.2, -0.15) is 0 Å². The minimum atomic E-state index is -0.126. The van der Waals surface area contributed by atoms with Crippen LogP contribution >= 0.6 is 0 Å². The molecule has 1 aromatic heterocycles. The van der Waals surface area contributed by atoms with Crippen molar-refractivity contribution in [3.8, 4) is 5.75 Å². The van der Waals surface area contributed by atoms with E-state index in [1.807, 2.05) is 41.8 Å². The lowest BCUT2D eigenvalue weighted by atomic mass is 10.2. The standard InChI is InChI=1S/C15H17NO3/c1-12-15(19-11-18-2)14(17)8-9-16(12)10-13-6-4-3-5-7-13/h3-9H,10-11H2,1-2H3. The Bertz CT molecular complexity index is 590. The van der Waals surface area contributed by atoms with Crippen molar-refractivity contribution in [1.29, 1.82) is 0 Å². The van der Waals surface area contributed by atoms with Gasteiger partial charge >= 0.3 is 0 Å². The van der Waals surface area contributed by atoms with Gasteiger partial charge in [-0.1, -0.05) is 30.3 Å². The summed E-state index contributed by atoms with van der Waals surface area (Å²) >= 11 is 0. The number of rotatable bonds is 5. The molecule has 0 saturated heterocycles. The molecule has 19 heavy (non-hydrogen) atoms. The van der Waals surface area contributed by atoms with E-state index in [2.05, 4.69) is 0 Å². The van der Waals surface area contributed by atoms with Crippen molar-refractivity contribution >= 4 is 0 Å². The molecule has 0 saturated carbocycles. The molecule has 100 valence electrons. The average Bonchev–Trinajstić information content (AvgIpc) is 2.43. The lowest BCUT2D eigenvalue weighted by Gasteiger charge is -2.14. The number of ether oxygens (including phenoxy) is 2. The normalized spacial score (nSPS) is 10.4. The predicted molar refractivity (Wildman–Crippen MR) is 73.5 cm³/mol. The van der Waals surface area contributed by atoms with Gasteiger partial charge in [-0.3, -0.25) is 4.79 Å². The molecule has 0 aliphatic carbocycles. The van der Waals surface area contributed by atoms with E-state index in [1.165, 1.54) is 18.7 Å². The molecule has 2 rings (SSSR count). The van der Waals surface area contributed by atoms with Gasteiger partial charge in [0.05, 0.1) is 5.69 Å². The van der Waals surface area contributed by atoms with Crippen molar-refractivity contribution in [2.24, 2.45) is 0 Å². The second kappa shape index (κ2) is 6.20. The highest BCUT2D eigenvalue weighted by atomic mass is 16.7. The maximum Gasteiger partial charge on any atom is 0.223 e. The number of benzene rings is 1. The number of hydrogen-bond donors (Lipinski definition) is 0. The predicted octanol–water partition coefficient (Wildman–Crippen LogP) is 2.19. The molecule has 1 heterocycles. The molecule has 0 fully saturated rings. The smallest absolute Gasteiger partial charge is 0.223 e. The van der Waals surface area contributed by atoms with Gasteiger partial charge in [-0.25, -0.2) is 0 Å². The molecule has 0 spiro atoms. The zero-order valence-corrected chi connectivity index (χ0v) is 11.1. The van der Waals surface area contributed by atoms with Crippen molar-refractivity contribution < 1.29 is 9.47 Å². The molecule has 1 aromatic carbocycles. The fraction of sp³-hybridized carbons (Fsp3) is 0.267. The summed E-state index contributed by atoms with van der Waals surface area (Å²) in [7, 11) is 1.53. The molecule has 0 bridgehead atoms. The van der Waals surface area contributed by atoms with Gasteiger partial charge < -0.3 is 14.0 Å². The summed E-state index contributed by atoms with van der Waals surface area (Å²) in [6, 6.07) is 11.6. The molecular weight excluding hydrogens is 242 g/mol. The van der Waals surface area contributed by atoms with Gasteiger partial charge in [0.15, 0.2) is 12.5 Å². The third-order valence-electron chi connectivity index (χ3n) is 2.91. The molecule has 0 N–H and O–H groups in total. The molecule has 0 amide bonds. The van der Waals surface area contributed by atoms with Gasteiger partial charge in [-0.15, -0.1) is 0 Å². The number of methoxy groups -OCH3 is 1. The monoisotopic (exact) mass is 259 g/mol. The van der Waals surface area contributed by atoms with E-state index in [4.69, 9.17) is 9.47 Å². The Kier molecular flexibility index (Phi) is 4.36. The van der Waals surface area contributed by atoms with Crippen LogP contribution in [-0.2, 0) is 11.3 Å². The van der Waals surface area contributed by atoms with Gasteiger partial charge in [0.25, 0.3) is 0 Å².